The van der Waals surface area contributed by atoms with Crippen LogP contribution in [0.15, 0.2) is 24.3 Å². The number of hydrogen-bond acceptors (Lipinski definition) is 2. The number of likely N-dealkylation sites (tertiary alicyclic amines) is 1. The van der Waals surface area contributed by atoms with Crippen LogP contribution < -0.4 is 5.32 Å². The summed E-state index contributed by atoms with van der Waals surface area (Å²) in [4.78, 5) is 24.0. The van der Waals surface area contributed by atoms with E-state index in [9.17, 15) is 14.0 Å². The van der Waals surface area contributed by atoms with E-state index in [0.717, 1.165) is 5.56 Å². The van der Waals surface area contributed by atoms with Gasteiger partial charge in [0, 0.05) is 37.5 Å². The number of nitrogens with one attached hydrogen (secondary N) is 1. The van der Waals surface area contributed by atoms with Crippen molar-refractivity contribution in [3.05, 3.63) is 34.9 Å². The normalized spacial score (nSPS) is 16.7. The van der Waals surface area contributed by atoms with E-state index >= 15 is 0 Å². The molecule has 132 valence electrons. The van der Waals surface area contributed by atoms with Gasteiger partial charge < -0.3 is 15.3 Å². The number of rotatable bonds is 6. The third-order valence-corrected chi connectivity index (χ3v) is 4.48. The standard InChI is InChI=1S/C17H22ClFN2O3/c18-14-5-3-13(4-6-14)12-17(19)7-10-21(11-8-17)16(24)20-9-1-2-15(22)23/h3-6H,1-2,7-12H2,(H,20,24)(H,22,23). The lowest BCUT2D eigenvalue weighted by atomic mass is 9.87. The molecule has 0 atom stereocenters. The molecule has 2 amide bonds. The zero-order chi connectivity index (χ0) is 17.6. The van der Waals surface area contributed by atoms with Crippen LogP contribution >= 0.6 is 11.6 Å². The number of urea groups is 1. The van der Waals surface area contributed by atoms with Crippen LogP contribution in [-0.2, 0) is 11.2 Å². The highest BCUT2D eigenvalue weighted by molar-refractivity contribution is 6.30. The van der Waals surface area contributed by atoms with Crippen LogP contribution in [0.25, 0.3) is 0 Å². The van der Waals surface area contributed by atoms with E-state index in [1.807, 2.05) is 12.1 Å². The van der Waals surface area contributed by atoms with E-state index in [1.165, 1.54) is 0 Å². The van der Waals surface area contributed by atoms with Gasteiger partial charge in [-0.25, -0.2) is 9.18 Å². The van der Waals surface area contributed by atoms with Gasteiger partial charge in [-0.1, -0.05) is 23.7 Å². The topological polar surface area (TPSA) is 69.6 Å². The number of benzene rings is 1. The van der Waals surface area contributed by atoms with Crippen molar-refractivity contribution in [2.45, 2.75) is 37.8 Å². The molecule has 0 unspecified atom stereocenters. The van der Waals surface area contributed by atoms with Gasteiger partial charge >= 0.3 is 12.0 Å². The second-order valence-electron chi connectivity index (χ2n) is 6.17. The highest BCUT2D eigenvalue weighted by Crippen LogP contribution is 2.30. The second kappa shape index (κ2) is 8.33. The Morgan fingerprint density at radius 3 is 2.46 bits per heavy atom. The Morgan fingerprint density at radius 1 is 1.25 bits per heavy atom. The highest BCUT2D eigenvalue weighted by atomic mass is 35.5. The van der Waals surface area contributed by atoms with Gasteiger partial charge in [0.2, 0.25) is 0 Å². The van der Waals surface area contributed by atoms with E-state index in [1.54, 1.807) is 17.0 Å². The van der Waals surface area contributed by atoms with Gasteiger partial charge in [0.25, 0.3) is 0 Å². The predicted octanol–water partition coefficient (Wildman–Crippen LogP) is 3.26. The maximum Gasteiger partial charge on any atom is 0.317 e. The molecule has 24 heavy (non-hydrogen) atoms. The fourth-order valence-corrected chi connectivity index (χ4v) is 2.93. The maximum absolute atomic E-state index is 14.9. The number of piperidine rings is 1. The molecule has 2 rings (SSSR count). The summed E-state index contributed by atoms with van der Waals surface area (Å²) in [5.41, 5.74) is -0.415. The molecule has 0 aliphatic carbocycles. The number of carbonyl (C=O) groups excluding carboxylic acids is 1. The molecular formula is C17H22ClFN2O3. The quantitative estimate of drug-likeness (QED) is 0.769. The van der Waals surface area contributed by atoms with Crippen LogP contribution in [0.1, 0.15) is 31.2 Å². The zero-order valence-corrected chi connectivity index (χ0v) is 14.2. The first-order chi connectivity index (χ1) is 11.4. The Hall–Kier alpha value is -1.82. The van der Waals surface area contributed by atoms with Gasteiger partial charge in [0.15, 0.2) is 0 Å². The second-order valence-corrected chi connectivity index (χ2v) is 6.61. The van der Waals surface area contributed by atoms with Gasteiger partial charge in [-0.2, -0.15) is 0 Å². The van der Waals surface area contributed by atoms with Gasteiger partial charge in [-0.15, -0.1) is 0 Å². The van der Waals surface area contributed by atoms with Crippen molar-refractivity contribution >= 4 is 23.6 Å². The maximum atomic E-state index is 14.9. The number of carbonyl (C=O) groups is 2. The molecular weight excluding hydrogens is 335 g/mol. The summed E-state index contributed by atoms with van der Waals surface area (Å²) >= 11 is 5.84. The first-order valence-corrected chi connectivity index (χ1v) is 8.44. The van der Waals surface area contributed by atoms with Crippen molar-refractivity contribution < 1.29 is 19.1 Å². The molecule has 2 N–H and O–H groups in total. The molecule has 1 heterocycles. The third-order valence-electron chi connectivity index (χ3n) is 4.22. The lowest BCUT2D eigenvalue weighted by molar-refractivity contribution is -0.137. The Balaban J connectivity index is 1.76. The van der Waals surface area contributed by atoms with E-state index in [-0.39, 0.29) is 25.3 Å². The number of carboxylic acid groups (broad SMARTS) is 1. The lowest BCUT2D eigenvalue weighted by Gasteiger charge is -2.36. The number of halogens is 2. The fourth-order valence-electron chi connectivity index (χ4n) is 2.80. The summed E-state index contributed by atoms with van der Waals surface area (Å²) in [5, 5.41) is 11.9. The fraction of sp³-hybridized carbons (Fsp3) is 0.529. The van der Waals surface area contributed by atoms with E-state index in [2.05, 4.69) is 5.32 Å². The van der Waals surface area contributed by atoms with Gasteiger partial charge in [-0.05, 0) is 37.0 Å². The molecule has 0 radical (unpaired) electrons. The molecule has 5 nitrogen and oxygen atoms in total. The number of alkyl halides is 1. The number of amides is 2. The Bertz CT molecular complexity index is 572. The first-order valence-electron chi connectivity index (χ1n) is 8.06. The third kappa shape index (κ3) is 5.67. The molecule has 0 saturated carbocycles. The van der Waals surface area contributed by atoms with Crippen LogP contribution in [0, 0.1) is 0 Å². The van der Waals surface area contributed by atoms with Crippen LogP contribution in [0.2, 0.25) is 5.02 Å². The minimum atomic E-state index is -1.31. The summed E-state index contributed by atoms with van der Waals surface area (Å²) in [5.74, 6) is -0.883. The van der Waals surface area contributed by atoms with Crippen LogP contribution in [0.4, 0.5) is 9.18 Å². The summed E-state index contributed by atoms with van der Waals surface area (Å²) in [6.07, 6.45) is 1.31. The minimum Gasteiger partial charge on any atom is -0.481 e. The molecule has 1 aliphatic heterocycles. The van der Waals surface area contributed by atoms with Crippen molar-refractivity contribution in [2.75, 3.05) is 19.6 Å². The first kappa shape index (κ1) is 18.5. The molecule has 1 aliphatic rings. The van der Waals surface area contributed by atoms with Crippen LogP contribution in [0.5, 0.6) is 0 Å². The van der Waals surface area contributed by atoms with Gasteiger partial charge in [0.1, 0.15) is 5.67 Å². The summed E-state index contributed by atoms with van der Waals surface area (Å²) in [7, 11) is 0. The largest absolute Gasteiger partial charge is 0.481 e. The number of hydrogen-bond donors (Lipinski definition) is 2. The van der Waals surface area contributed by atoms with E-state index in [4.69, 9.17) is 16.7 Å². The van der Waals surface area contributed by atoms with Gasteiger partial charge in [0.05, 0.1) is 0 Å². The van der Waals surface area contributed by atoms with Crippen molar-refractivity contribution in [3.63, 3.8) is 0 Å². The highest BCUT2D eigenvalue weighted by Gasteiger charge is 2.36. The number of aliphatic carboxylic acids is 1. The van der Waals surface area contributed by atoms with Crippen molar-refractivity contribution in [2.24, 2.45) is 0 Å². The van der Waals surface area contributed by atoms with E-state index < -0.39 is 11.6 Å². The van der Waals surface area contributed by atoms with Crippen molar-refractivity contribution in [1.29, 1.82) is 0 Å². The average molecular weight is 357 g/mol. The van der Waals surface area contributed by atoms with Gasteiger partial charge in [-0.3, -0.25) is 4.79 Å². The van der Waals surface area contributed by atoms with Crippen molar-refractivity contribution in [1.82, 2.24) is 10.2 Å². The molecule has 1 fully saturated rings. The molecule has 1 aromatic rings. The summed E-state index contributed by atoms with van der Waals surface area (Å²) in [6.45, 7) is 1.02. The average Bonchev–Trinajstić information content (AvgIpc) is 2.54. The van der Waals surface area contributed by atoms with E-state index in [0.29, 0.717) is 37.5 Å². The van der Waals surface area contributed by atoms with Crippen LogP contribution in [-0.4, -0.2) is 47.3 Å². The summed E-state index contributed by atoms with van der Waals surface area (Å²) in [6, 6.07) is 6.89. The Kier molecular flexibility index (Phi) is 6.43. The van der Waals surface area contributed by atoms with Crippen LogP contribution in [0.3, 0.4) is 0 Å². The predicted molar refractivity (Wildman–Crippen MR) is 90.1 cm³/mol. The molecule has 0 bridgehead atoms. The Morgan fingerprint density at radius 2 is 1.88 bits per heavy atom. The smallest absolute Gasteiger partial charge is 0.317 e. The number of carboxylic acids is 1. The minimum absolute atomic E-state index is 0.0228. The lowest BCUT2D eigenvalue weighted by Crippen LogP contribution is -2.49. The zero-order valence-electron chi connectivity index (χ0n) is 13.4. The molecule has 0 aromatic heterocycles. The SMILES string of the molecule is O=C(O)CCCNC(=O)N1CCC(F)(Cc2ccc(Cl)cc2)CC1. The van der Waals surface area contributed by atoms with Crippen molar-refractivity contribution in [3.8, 4) is 0 Å². The molecule has 1 aromatic carbocycles. The summed E-state index contributed by atoms with van der Waals surface area (Å²) < 4.78 is 14.9. The number of nitrogens with zero attached hydrogens (tertiary/aromatic N) is 1. The molecule has 1 saturated heterocycles. The Labute approximate surface area is 145 Å². The monoisotopic (exact) mass is 356 g/mol. The molecule has 0 spiro atoms. The molecule has 7 heteroatoms.